The van der Waals surface area contributed by atoms with Crippen LogP contribution < -0.4 is 15.2 Å². The van der Waals surface area contributed by atoms with Gasteiger partial charge in [0.15, 0.2) is 0 Å². The summed E-state index contributed by atoms with van der Waals surface area (Å²) in [6, 6.07) is 2.90. The second-order valence-electron chi connectivity index (χ2n) is 4.08. The van der Waals surface area contributed by atoms with Crippen LogP contribution in [-0.2, 0) is 13.6 Å². The van der Waals surface area contributed by atoms with Crippen molar-refractivity contribution in [2.45, 2.75) is 19.6 Å². The van der Waals surface area contributed by atoms with Crippen LogP contribution in [-0.4, -0.2) is 32.5 Å². The minimum atomic E-state index is -3.63. The third-order valence-electron chi connectivity index (χ3n) is 2.80. The molecule has 0 aromatic heterocycles. The monoisotopic (exact) mass is 319 g/mol. The van der Waals surface area contributed by atoms with Crippen LogP contribution in [0, 0.1) is 0 Å². The highest BCUT2D eigenvalue weighted by Gasteiger charge is 2.37. The molecule has 0 amide bonds. The Labute approximate surface area is 124 Å². The zero-order chi connectivity index (χ0) is 16.0. The van der Waals surface area contributed by atoms with Gasteiger partial charge < -0.3 is 29.4 Å². The van der Waals surface area contributed by atoms with Crippen LogP contribution in [0.5, 0.6) is 17.2 Å². The van der Waals surface area contributed by atoms with Gasteiger partial charge in [0.2, 0.25) is 0 Å². The zero-order valence-electron chi connectivity index (χ0n) is 12.7. The molecule has 1 aromatic carbocycles. The summed E-state index contributed by atoms with van der Waals surface area (Å²) in [5.74, 6) is -0.724. The van der Waals surface area contributed by atoms with Crippen LogP contribution in [0.1, 0.15) is 25.2 Å². The van der Waals surface area contributed by atoms with E-state index in [0.717, 1.165) is 0 Å². The average molecular weight is 319 g/mol. The van der Waals surface area contributed by atoms with E-state index in [1.54, 1.807) is 13.8 Å². The normalized spacial score (nSPS) is 13.0. The van der Waals surface area contributed by atoms with E-state index in [4.69, 9.17) is 24.3 Å². The molecular formula is C13H22NO6P. The molecular weight excluding hydrogens is 297 g/mol. The van der Waals surface area contributed by atoms with Crippen LogP contribution in [0.2, 0.25) is 0 Å². The highest BCUT2D eigenvalue weighted by molar-refractivity contribution is 7.54. The van der Waals surface area contributed by atoms with E-state index in [9.17, 15) is 9.67 Å². The maximum absolute atomic E-state index is 12.7. The van der Waals surface area contributed by atoms with Gasteiger partial charge >= 0.3 is 7.60 Å². The predicted molar refractivity (Wildman–Crippen MR) is 79.0 cm³/mol. The van der Waals surface area contributed by atoms with Crippen molar-refractivity contribution in [2.24, 2.45) is 5.73 Å². The Morgan fingerprint density at radius 3 is 2.19 bits per heavy atom. The Hall–Kier alpha value is -1.27. The fourth-order valence-electron chi connectivity index (χ4n) is 1.89. The molecule has 1 rings (SSSR count). The Balaban J connectivity index is 3.33. The Morgan fingerprint density at radius 1 is 1.19 bits per heavy atom. The third kappa shape index (κ3) is 3.89. The van der Waals surface area contributed by atoms with Crippen LogP contribution in [0.4, 0.5) is 0 Å². The Kier molecular flexibility index (Phi) is 6.48. The number of phenolic OH excluding ortho intramolecular Hbond substituents is 1. The first-order valence-corrected chi connectivity index (χ1v) is 8.13. The molecule has 1 atom stereocenters. The first-order chi connectivity index (χ1) is 9.93. The molecule has 21 heavy (non-hydrogen) atoms. The van der Waals surface area contributed by atoms with Gasteiger partial charge in [0.25, 0.3) is 0 Å². The molecule has 1 aromatic rings. The number of hydrogen-bond acceptors (Lipinski definition) is 7. The number of aromatic hydroxyl groups is 1. The molecule has 0 saturated carbocycles. The van der Waals surface area contributed by atoms with Crippen molar-refractivity contribution in [3.63, 3.8) is 0 Å². The maximum Gasteiger partial charge on any atom is 0.352 e. The number of nitrogens with two attached hydrogens (primary N) is 1. The minimum Gasteiger partial charge on any atom is -0.507 e. The molecule has 0 aliphatic carbocycles. The van der Waals surface area contributed by atoms with Crippen molar-refractivity contribution in [3.8, 4) is 17.2 Å². The van der Waals surface area contributed by atoms with Gasteiger partial charge in [0.1, 0.15) is 23.0 Å². The summed E-state index contributed by atoms with van der Waals surface area (Å²) < 4.78 is 33.4. The summed E-state index contributed by atoms with van der Waals surface area (Å²) in [6.07, 6.45) is 0. The molecule has 0 spiro atoms. The Morgan fingerprint density at radius 2 is 1.76 bits per heavy atom. The first kappa shape index (κ1) is 17.8. The Bertz CT molecular complexity index is 512. The highest BCUT2D eigenvalue weighted by atomic mass is 31.2. The van der Waals surface area contributed by atoms with E-state index < -0.39 is 13.4 Å². The van der Waals surface area contributed by atoms with E-state index in [1.165, 1.54) is 26.4 Å². The van der Waals surface area contributed by atoms with Gasteiger partial charge in [-0.15, -0.1) is 0 Å². The van der Waals surface area contributed by atoms with Gasteiger partial charge in [-0.3, -0.25) is 4.57 Å². The van der Waals surface area contributed by atoms with Gasteiger partial charge in [-0.1, -0.05) is 0 Å². The molecule has 0 radical (unpaired) electrons. The van der Waals surface area contributed by atoms with Crippen molar-refractivity contribution < 1.29 is 28.2 Å². The lowest BCUT2D eigenvalue weighted by molar-refractivity contribution is 0.211. The summed E-state index contributed by atoms with van der Waals surface area (Å²) in [6.45, 7) is 3.71. The minimum absolute atomic E-state index is 0.156. The summed E-state index contributed by atoms with van der Waals surface area (Å²) in [4.78, 5) is 0. The molecule has 0 saturated heterocycles. The van der Waals surface area contributed by atoms with Crippen molar-refractivity contribution in [2.75, 3.05) is 27.4 Å². The number of benzene rings is 1. The van der Waals surface area contributed by atoms with E-state index in [1.807, 2.05) is 0 Å². The maximum atomic E-state index is 12.7. The quantitative estimate of drug-likeness (QED) is 0.710. The number of hydrogen-bond donors (Lipinski definition) is 2. The lowest BCUT2D eigenvalue weighted by atomic mass is 10.1. The molecule has 8 heteroatoms. The second kappa shape index (κ2) is 7.66. The summed E-state index contributed by atoms with van der Waals surface area (Å²) >= 11 is 0. The molecule has 0 heterocycles. The summed E-state index contributed by atoms with van der Waals surface area (Å²) in [5, 5.41) is 10.1. The van der Waals surface area contributed by atoms with Gasteiger partial charge in [0, 0.05) is 12.1 Å². The van der Waals surface area contributed by atoms with Crippen LogP contribution in [0.3, 0.4) is 0 Å². The largest absolute Gasteiger partial charge is 0.507 e. The summed E-state index contributed by atoms with van der Waals surface area (Å²) in [7, 11) is -0.755. The van der Waals surface area contributed by atoms with Gasteiger partial charge in [-0.25, -0.2) is 0 Å². The molecule has 120 valence electrons. The lowest BCUT2D eigenvalue weighted by Crippen LogP contribution is -2.16. The van der Waals surface area contributed by atoms with Crippen molar-refractivity contribution >= 4 is 7.60 Å². The van der Waals surface area contributed by atoms with Crippen molar-refractivity contribution in [3.05, 3.63) is 17.7 Å². The number of rotatable bonds is 8. The lowest BCUT2D eigenvalue weighted by Gasteiger charge is -2.25. The average Bonchev–Trinajstić information content (AvgIpc) is 2.46. The van der Waals surface area contributed by atoms with Gasteiger partial charge in [-0.2, -0.15) is 0 Å². The van der Waals surface area contributed by atoms with E-state index in [-0.39, 0.29) is 30.3 Å². The first-order valence-electron chi connectivity index (χ1n) is 6.52. The fourth-order valence-corrected chi connectivity index (χ4v) is 3.58. The molecule has 0 bridgehead atoms. The van der Waals surface area contributed by atoms with Crippen LogP contribution in [0.25, 0.3) is 0 Å². The second-order valence-corrected chi connectivity index (χ2v) is 6.24. The molecule has 0 aliphatic rings. The van der Waals surface area contributed by atoms with Gasteiger partial charge in [-0.05, 0) is 13.8 Å². The van der Waals surface area contributed by atoms with Crippen molar-refractivity contribution in [1.82, 2.24) is 0 Å². The third-order valence-corrected chi connectivity index (χ3v) is 4.98. The molecule has 7 nitrogen and oxygen atoms in total. The van der Waals surface area contributed by atoms with E-state index in [0.29, 0.717) is 5.75 Å². The highest BCUT2D eigenvalue weighted by Crippen LogP contribution is 2.61. The molecule has 0 aliphatic heterocycles. The molecule has 0 unspecified atom stereocenters. The molecule has 3 N–H and O–H groups in total. The standard InChI is InChI=1S/C13H22NO6P/c1-5-19-21(16,20-6-2)13(14)12-10(15)7-9(17-3)8-11(12)18-4/h7-8,13,15H,5-6,14H2,1-4H3/t13-/m0/s1. The van der Waals surface area contributed by atoms with Crippen LogP contribution in [0.15, 0.2) is 12.1 Å². The predicted octanol–water partition coefficient (Wildman–Crippen LogP) is 2.63. The summed E-state index contributed by atoms with van der Waals surface area (Å²) in [5.41, 5.74) is 6.18. The number of ether oxygens (including phenoxy) is 2. The molecule has 0 fully saturated rings. The van der Waals surface area contributed by atoms with E-state index in [2.05, 4.69) is 0 Å². The topological polar surface area (TPSA) is 100 Å². The number of phenols is 1. The smallest absolute Gasteiger partial charge is 0.352 e. The SMILES string of the molecule is CCOP(=O)(OCC)[C@H](N)c1c(O)cc(OC)cc1OC. The zero-order valence-corrected chi connectivity index (χ0v) is 13.6. The van der Waals surface area contributed by atoms with Crippen molar-refractivity contribution in [1.29, 1.82) is 0 Å². The van der Waals surface area contributed by atoms with Gasteiger partial charge in [0.05, 0.1) is 33.0 Å². The fraction of sp³-hybridized carbons (Fsp3) is 0.538. The number of methoxy groups -OCH3 is 2. The van der Waals surface area contributed by atoms with E-state index >= 15 is 0 Å². The van der Waals surface area contributed by atoms with Crippen LogP contribution >= 0.6 is 7.60 Å².